The third-order valence-electron chi connectivity index (χ3n) is 3.02. The molecule has 0 radical (unpaired) electrons. The van der Waals surface area contributed by atoms with Crippen LogP contribution >= 0.6 is 0 Å². The highest BCUT2D eigenvalue weighted by atomic mass is 16.5. The van der Waals surface area contributed by atoms with Crippen molar-refractivity contribution in [1.29, 1.82) is 0 Å². The number of pyridine rings is 1. The fourth-order valence-electron chi connectivity index (χ4n) is 2.12. The van der Waals surface area contributed by atoms with E-state index in [1.807, 2.05) is 37.4 Å². The summed E-state index contributed by atoms with van der Waals surface area (Å²) in [6.45, 7) is 2.64. The molecule has 0 amide bonds. The summed E-state index contributed by atoms with van der Waals surface area (Å²) in [5.74, 6) is 0. The summed E-state index contributed by atoms with van der Waals surface area (Å²) >= 11 is 0. The molecule has 1 heterocycles. The molecule has 0 aliphatic carbocycles. The molecule has 4 heteroatoms. The van der Waals surface area contributed by atoms with Crippen LogP contribution in [0.2, 0.25) is 0 Å². The van der Waals surface area contributed by atoms with Crippen LogP contribution in [0.15, 0.2) is 36.7 Å². The van der Waals surface area contributed by atoms with E-state index in [1.165, 1.54) is 0 Å². The van der Waals surface area contributed by atoms with Crippen molar-refractivity contribution >= 4 is 10.8 Å². The minimum atomic E-state index is -1.37. The van der Waals surface area contributed by atoms with Crippen LogP contribution in [0.5, 0.6) is 0 Å². The van der Waals surface area contributed by atoms with Gasteiger partial charge in [0.1, 0.15) is 0 Å². The first-order valence-electron chi connectivity index (χ1n) is 6.13. The van der Waals surface area contributed by atoms with Crippen LogP contribution in [-0.2, 0) is 6.42 Å². The van der Waals surface area contributed by atoms with E-state index in [9.17, 15) is 10.2 Å². The SMILES string of the molecule is CCNC(Cc1cncc2ccccc12)C(O)O. The average molecular weight is 246 g/mol. The number of hydrogen-bond donors (Lipinski definition) is 3. The van der Waals surface area contributed by atoms with E-state index in [0.29, 0.717) is 13.0 Å². The summed E-state index contributed by atoms with van der Waals surface area (Å²) in [5, 5.41) is 23.9. The second kappa shape index (κ2) is 5.91. The molecule has 96 valence electrons. The number of aliphatic hydroxyl groups is 2. The van der Waals surface area contributed by atoms with Gasteiger partial charge in [0.05, 0.1) is 6.04 Å². The third-order valence-corrected chi connectivity index (χ3v) is 3.02. The fraction of sp³-hybridized carbons (Fsp3) is 0.357. The Morgan fingerprint density at radius 1 is 1.22 bits per heavy atom. The number of hydrogen-bond acceptors (Lipinski definition) is 4. The largest absolute Gasteiger partial charge is 0.367 e. The van der Waals surface area contributed by atoms with Gasteiger partial charge in [-0.05, 0) is 23.9 Å². The van der Waals surface area contributed by atoms with Crippen LogP contribution in [0.1, 0.15) is 12.5 Å². The number of benzene rings is 1. The van der Waals surface area contributed by atoms with Crippen molar-refractivity contribution in [3.63, 3.8) is 0 Å². The van der Waals surface area contributed by atoms with Crippen LogP contribution in [-0.4, -0.2) is 34.1 Å². The molecule has 0 saturated carbocycles. The van der Waals surface area contributed by atoms with E-state index in [4.69, 9.17) is 0 Å². The van der Waals surface area contributed by atoms with Gasteiger partial charge in [-0.3, -0.25) is 4.98 Å². The predicted octanol–water partition coefficient (Wildman–Crippen LogP) is 1.07. The Kier molecular flexibility index (Phi) is 4.25. The van der Waals surface area contributed by atoms with Crippen LogP contribution < -0.4 is 5.32 Å². The lowest BCUT2D eigenvalue weighted by atomic mass is 10.0. The molecule has 1 aromatic heterocycles. The minimum absolute atomic E-state index is 0.373. The monoisotopic (exact) mass is 246 g/mol. The van der Waals surface area contributed by atoms with Gasteiger partial charge < -0.3 is 15.5 Å². The highest BCUT2D eigenvalue weighted by Gasteiger charge is 2.17. The van der Waals surface area contributed by atoms with Crippen molar-refractivity contribution in [2.24, 2.45) is 0 Å². The normalized spacial score (nSPS) is 13.1. The van der Waals surface area contributed by atoms with E-state index in [1.54, 1.807) is 6.20 Å². The maximum Gasteiger partial charge on any atom is 0.167 e. The van der Waals surface area contributed by atoms with Gasteiger partial charge in [0.2, 0.25) is 0 Å². The molecule has 0 aliphatic rings. The molecule has 3 N–H and O–H groups in total. The quantitative estimate of drug-likeness (QED) is 0.690. The zero-order chi connectivity index (χ0) is 13.0. The lowest BCUT2D eigenvalue weighted by Gasteiger charge is -2.20. The Balaban J connectivity index is 2.30. The minimum Gasteiger partial charge on any atom is -0.367 e. The van der Waals surface area contributed by atoms with Crippen LogP contribution in [0.3, 0.4) is 0 Å². The summed E-state index contributed by atoms with van der Waals surface area (Å²) in [6.07, 6.45) is 2.77. The first-order valence-corrected chi connectivity index (χ1v) is 6.13. The molecule has 0 fully saturated rings. The standard InChI is InChI=1S/C14H18N2O2/c1-2-16-13(14(17)18)7-11-9-15-8-10-5-3-4-6-12(10)11/h3-6,8-9,13-14,16-18H,2,7H2,1H3. The van der Waals surface area contributed by atoms with E-state index in [2.05, 4.69) is 10.3 Å². The van der Waals surface area contributed by atoms with Gasteiger partial charge >= 0.3 is 0 Å². The van der Waals surface area contributed by atoms with E-state index in [-0.39, 0.29) is 6.04 Å². The van der Waals surface area contributed by atoms with Crippen molar-refractivity contribution < 1.29 is 10.2 Å². The van der Waals surface area contributed by atoms with Gasteiger partial charge in [-0.15, -0.1) is 0 Å². The van der Waals surface area contributed by atoms with Gasteiger partial charge in [0.25, 0.3) is 0 Å². The zero-order valence-electron chi connectivity index (χ0n) is 10.4. The van der Waals surface area contributed by atoms with Crippen molar-refractivity contribution in [3.8, 4) is 0 Å². The molecule has 1 aromatic carbocycles. The van der Waals surface area contributed by atoms with Gasteiger partial charge in [-0.1, -0.05) is 31.2 Å². The van der Waals surface area contributed by atoms with Crippen LogP contribution in [0, 0.1) is 0 Å². The van der Waals surface area contributed by atoms with Gasteiger partial charge in [0.15, 0.2) is 6.29 Å². The maximum atomic E-state index is 9.35. The molecule has 2 rings (SSSR count). The molecular weight excluding hydrogens is 228 g/mol. The second-order valence-corrected chi connectivity index (χ2v) is 4.30. The molecule has 1 atom stereocenters. The number of nitrogens with one attached hydrogen (secondary N) is 1. The van der Waals surface area contributed by atoms with Gasteiger partial charge in [-0.25, -0.2) is 0 Å². The number of fused-ring (bicyclic) bond motifs is 1. The highest BCUT2D eigenvalue weighted by Crippen LogP contribution is 2.18. The van der Waals surface area contributed by atoms with E-state index < -0.39 is 6.29 Å². The van der Waals surface area contributed by atoms with Crippen molar-refractivity contribution in [3.05, 3.63) is 42.2 Å². The Hall–Kier alpha value is -1.49. The Labute approximate surface area is 106 Å². The first kappa shape index (κ1) is 13.0. The highest BCUT2D eigenvalue weighted by molar-refractivity contribution is 5.84. The van der Waals surface area contributed by atoms with E-state index in [0.717, 1.165) is 16.3 Å². The first-order chi connectivity index (χ1) is 8.72. The smallest absolute Gasteiger partial charge is 0.167 e. The van der Waals surface area contributed by atoms with Gasteiger partial charge in [-0.2, -0.15) is 0 Å². The fourth-order valence-corrected chi connectivity index (χ4v) is 2.12. The summed E-state index contributed by atoms with van der Waals surface area (Å²) in [4.78, 5) is 4.19. The van der Waals surface area contributed by atoms with Crippen molar-refractivity contribution in [2.45, 2.75) is 25.7 Å². The Bertz CT molecular complexity index is 509. The molecular formula is C14H18N2O2. The molecule has 0 aliphatic heterocycles. The molecule has 1 unspecified atom stereocenters. The van der Waals surface area contributed by atoms with E-state index >= 15 is 0 Å². The molecule has 4 nitrogen and oxygen atoms in total. The zero-order valence-corrected chi connectivity index (χ0v) is 10.4. The molecule has 0 saturated heterocycles. The Morgan fingerprint density at radius 3 is 2.72 bits per heavy atom. The predicted molar refractivity (Wildman–Crippen MR) is 71.1 cm³/mol. The Morgan fingerprint density at radius 2 is 2.00 bits per heavy atom. The van der Waals surface area contributed by atoms with Crippen LogP contribution in [0.4, 0.5) is 0 Å². The molecule has 2 aromatic rings. The van der Waals surface area contributed by atoms with Gasteiger partial charge in [0, 0.05) is 17.8 Å². The molecule has 0 bridgehead atoms. The lowest BCUT2D eigenvalue weighted by Crippen LogP contribution is -2.41. The summed E-state index contributed by atoms with van der Waals surface area (Å²) < 4.78 is 0. The number of aliphatic hydroxyl groups excluding tert-OH is 1. The third kappa shape index (κ3) is 2.85. The topological polar surface area (TPSA) is 65.4 Å². The summed E-state index contributed by atoms with van der Waals surface area (Å²) in [6, 6.07) is 7.60. The molecule has 18 heavy (non-hydrogen) atoms. The summed E-state index contributed by atoms with van der Waals surface area (Å²) in [5.41, 5.74) is 1.02. The van der Waals surface area contributed by atoms with Crippen molar-refractivity contribution in [1.82, 2.24) is 10.3 Å². The molecule has 0 spiro atoms. The maximum absolute atomic E-state index is 9.35. The number of nitrogens with zero attached hydrogens (tertiary/aromatic N) is 1. The average Bonchev–Trinajstić information content (AvgIpc) is 2.38. The van der Waals surface area contributed by atoms with Crippen molar-refractivity contribution in [2.75, 3.05) is 6.54 Å². The second-order valence-electron chi connectivity index (χ2n) is 4.30. The number of likely N-dealkylation sites (N-methyl/N-ethyl adjacent to an activating group) is 1. The number of rotatable bonds is 5. The van der Waals surface area contributed by atoms with Crippen LogP contribution in [0.25, 0.3) is 10.8 Å². The lowest BCUT2D eigenvalue weighted by molar-refractivity contribution is -0.0662. The summed E-state index contributed by atoms with van der Waals surface area (Å²) in [7, 11) is 0. The number of aromatic nitrogens is 1.